The highest BCUT2D eigenvalue weighted by Gasteiger charge is 2.20. The molecule has 100 valence electrons. The van der Waals surface area contributed by atoms with Crippen LogP contribution in [0.2, 0.25) is 0 Å². The average Bonchev–Trinajstić information content (AvgIpc) is 2.47. The van der Waals surface area contributed by atoms with E-state index in [1.807, 2.05) is 0 Å². The van der Waals surface area contributed by atoms with Crippen LogP contribution in [0.1, 0.15) is 52.9 Å². The second-order valence-electron chi connectivity index (χ2n) is 5.44. The van der Waals surface area contributed by atoms with Gasteiger partial charge in [-0.1, -0.05) is 27.2 Å². The summed E-state index contributed by atoms with van der Waals surface area (Å²) in [5.41, 5.74) is 0. The minimum atomic E-state index is 0.366. The van der Waals surface area contributed by atoms with Gasteiger partial charge in [-0.2, -0.15) is 0 Å². The summed E-state index contributed by atoms with van der Waals surface area (Å²) < 4.78 is 0. The number of hydrogen-bond donors (Lipinski definition) is 1. The zero-order valence-corrected chi connectivity index (χ0v) is 11.7. The molecule has 0 aromatic carbocycles. The Kier molecular flexibility index (Phi) is 6.56. The molecule has 0 aliphatic carbocycles. The molecule has 0 spiro atoms. The third-order valence-electron chi connectivity index (χ3n) is 3.66. The Balaban J connectivity index is 2.24. The number of nitrogens with zero attached hydrogens (tertiary/aromatic N) is 1. The molecule has 1 N–H and O–H groups in total. The summed E-state index contributed by atoms with van der Waals surface area (Å²) in [4.78, 5) is 14.0. The number of carbonyl (C=O) groups excluding carboxylic acids is 1. The summed E-state index contributed by atoms with van der Waals surface area (Å²) in [6.45, 7) is 9.45. The number of carbonyl (C=O) groups is 1. The molecule has 0 aromatic rings. The Morgan fingerprint density at radius 1 is 1.41 bits per heavy atom. The van der Waals surface area contributed by atoms with E-state index in [1.165, 1.54) is 12.8 Å². The van der Waals surface area contributed by atoms with Gasteiger partial charge in [0.1, 0.15) is 0 Å². The Hall–Kier alpha value is -0.570. The Morgan fingerprint density at radius 3 is 2.82 bits per heavy atom. The molecule has 1 atom stereocenters. The van der Waals surface area contributed by atoms with Crippen molar-refractivity contribution in [2.45, 2.75) is 58.9 Å². The first-order valence-corrected chi connectivity index (χ1v) is 7.14. The summed E-state index contributed by atoms with van der Waals surface area (Å²) in [6, 6.07) is 0.541. The topological polar surface area (TPSA) is 32.3 Å². The third kappa shape index (κ3) is 5.53. The maximum absolute atomic E-state index is 11.9. The Labute approximate surface area is 106 Å². The molecule has 0 saturated carbocycles. The number of amides is 1. The molecule has 1 rings (SSSR count). The van der Waals surface area contributed by atoms with Gasteiger partial charge in [-0.3, -0.25) is 4.79 Å². The van der Waals surface area contributed by atoms with Crippen molar-refractivity contribution in [1.82, 2.24) is 10.2 Å². The first-order valence-electron chi connectivity index (χ1n) is 7.14. The van der Waals surface area contributed by atoms with Crippen molar-refractivity contribution >= 4 is 5.91 Å². The number of rotatable bonds is 6. The van der Waals surface area contributed by atoms with Crippen LogP contribution in [0.25, 0.3) is 0 Å². The molecule has 0 aromatic heterocycles. The van der Waals surface area contributed by atoms with E-state index in [0.29, 0.717) is 11.9 Å². The lowest BCUT2D eigenvalue weighted by Gasteiger charge is -2.21. The fourth-order valence-electron chi connectivity index (χ4n) is 2.40. The van der Waals surface area contributed by atoms with Crippen molar-refractivity contribution in [1.29, 1.82) is 0 Å². The van der Waals surface area contributed by atoms with Gasteiger partial charge < -0.3 is 10.2 Å². The highest BCUT2D eigenvalue weighted by Crippen LogP contribution is 2.20. The summed E-state index contributed by atoms with van der Waals surface area (Å²) in [6.07, 6.45) is 5.34. The first kappa shape index (κ1) is 14.5. The molecule has 1 unspecified atom stereocenters. The summed E-state index contributed by atoms with van der Waals surface area (Å²) in [5, 5.41) is 3.40. The minimum Gasteiger partial charge on any atom is -0.343 e. The van der Waals surface area contributed by atoms with Crippen molar-refractivity contribution < 1.29 is 4.79 Å². The Morgan fingerprint density at radius 2 is 2.18 bits per heavy atom. The van der Waals surface area contributed by atoms with Crippen LogP contribution in [0, 0.1) is 5.92 Å². The van der Waals surface area contributed by atoms with Gasteiger partial charge in [0.15, 0.2) is 0 Å². The first-order chi connectivity index (χ1) is 8.13. The SMILES string of the molecule is CCC1CCC(=O)N(CCCNC(C)C)CC1. The molecule has 1 aliphatic rings. The minimum absolute atomic E-state index is 0.366. The zero-order chi connectivity index (χ0) is 12.7. The van der Waals surface area contributed by atoms with Crippen molar-refractivity contribution in [2.24, 2.45) is 5.92 Å². The standard InChI is InChI=1S/C14H28N2O/c1-4-13-6-7-14(17)16(11-8-13)10-5-9-15-12(2)3/h12-13,15H,4-11H2,1-3H3. The predicted octanol–water partition coefficient (Wildman–Crippen LogP) is 2.41. The van der Waals surface area contributed by atoms with Gasteiger partial charge in [0, 0.05) is 25.6 Å². The van der Waals surface area contributed by atoms with E-state index in [4.69, 9.17) is 0 Å². The quantitative estimate of drug-likeness (QED) is 0.723. The van der Waals surface area contributed by atoms with Crippen molar-refractivity contribution in [2.75, 3.05) is 19.6 Å². The molecule has 3 heteroatoms. The van der Waals surface area contributed by atoms with Crippen LogP contribution in [0.5, 0.6) is 0 Å². The summed E-state index contributed by atoms with van der Waals surface area (Å²) >= 11 is 0. The van der Waals surface area contributed by atoms with Gasteiger partial charge >= 0.3 is 0 Å². The maximum atomic E-state index is 11.9. The largest absolute Gasteiger partial charge is 0.343 e. The van der Waals surface area contributed by atoms with Crippen LogP contribution in [-0.2, 0) is 4.79 Å². The van der Waals surface area contributed by atoms with Crippen molar-refractivity contribution in [3.63, 3.8) is 0 Å². The van der Waals surface area contributed by atoms with E-state index in [-0.39, 0.29) is 0 Å². The van der Waals surface area contributed by atoms with Crippen LogP contribution in [-0.4, -0.2) is 36.5 Å². The van der Waals surface area contributed by atoms with E-state index in [2.05, 4.69) is 31.0 Å². The second-order valence-corrected chi connectivity index (χ2v) is 5.44. The fourth-order valence-corrected chi connectivity index (χ4v) is 2.40. The van der Waals surface area contributed by atoms with Crippen LogP contribution in [0.15, 0.2) is 0 Å². The smallest absolute Gasteiger partial charge is 0.222 e. The summed E-state index contributed by atoms with van der Waals surface area (Å²) in [7, 11) is 0. The molecule has 0 radical (unpaired) electrons. The van der Waals surface area contributed by atoms with Gasteiger partial charge in [0.05, 0.1) is 0 Å². The molecule has 3 nitrogen and oxygen atoms in total. The third-order valence-corrected chi connectivity index (χ3v) is 3.66. The van der Waals surface area contributed by atoms with E-state index in [9.17, 15) is 4.79 Å². The number of nitrogens with one attached hydrogen (secondary N) is 1. The van der Waals surface area contributed by atoms with Gasteiger partial charge in [0.25, 0.3) is 0 Å². The molecule has 1 saturated heterocycles. The lowest BCUT2D eigenvalue weighted by molar-refractivity contribution is -0.130. The Bertz CT molecular complexity index is 228. The molecule has 1 fully saturated rings. The van der Waals surface area contributed by atoms with Gasteiger partial charge in [-0.05, 0) is 31.7 Å². The van der Waals surface area contributed by atoms with Gasteiger partial charge in [-0.15, -0.1) is 0 Å². The molecule has 17 heavy (non-hydrogen) atoms. The van der Waals surface area contributed by atoms with E-state index in [0.717, 1.165) is 44.8 Å². The van der Waals surface area contributed by atoms with Gasteiger partial charge in [0.2, 0.25) is 5.91 Å². The molecule has 1 heterocycles. The molecular weight excluding hydrogens is 212 g/mol. The molecular formula is C14H28N2O. The van der Waals surface area contributed by atoms with Crippen LogP contribution in [0.4, 0.5) is 0 Å². The molecule has 0 bridgehead atoms. The number of hydrogen-bond acceptors (Lipinski definition) is 2. The fraction of sp³-hybridized carbons (Fsp3) is 0.929. The zero-order valence-electron chi connectivity index (χ0n) is 11.7. The highest BCUT2D eigenvalue weighted by molar-refractivity contribution is 5.76. The summed E-state index contributed by atoms with van der Waals surface area (Å²) in [5.74, 6) is 1.13. The van der Waals surface area contributed by atoms with Crippen molar-refractivity contribution in [3.05, 3.63) is 0 Å². The van der Waals surface area contributed by atoms with Crippen LogP contribution in [0.3, 0.4) is 0 Å². The molecule has 1 amide bonds. The van der Waals surface area contributed by atoms with E-state index >= 15 is 0 Å². The highest BCUT2D eigenvalue weighted by atomic mass is 16.2. The van der Waals surface area contributed by atoms with Crippen LogP contribution >= 0.6 is 0 Å². The van der Waals surface area contributed by atoms with E-state index < -0.39 is 0 Å². The lowest BCUT2D eigenvalue weighted by atomic mass is 9.98. The second kappa shape index (κ2) is 7.70. The predicted molar refractivity (Wildman–Crippen MR) is 72.0 cm³/mol. The monoisotopic (exact) mass is 240 g/mol. The number of likely N-dealkylation sites (tertiary alicyclic amines) is 1. The van der Waals surface area contributed by atoms with Crippen LogP contribution < -0.4 is 5.32 Å². The molecule has 1 aliphatic heterocycles. The van der Waals surface area contributed by atoms with E-state index in [1.54, 1.807) is 0 Å². The van der Waals surface area contributed by atoms with Gasteiger partial charge in [-0.25, -0.2) is 0 Å². The lowest BCUT2D eigenvalue weighted by Crippen LogP contribution is -2.34. The maximum Gasteiger partial charge on any atom is 0.222 e. The van der Waals surface area contributed by atoms with Crippen molar-refractivity contribution in [3.8, 4) is 0 Å². The average molecular weight is 240 g/mol. The normalized spacial score (nSPS) is 22.0.